The van der Waals surface area contributed by atoms with Crippen molar-refractivity contribution in [2.45, 2.75) is 30.5 Å². The molecule has 228 valence electrons. The molecule has 0 aliphatic carbocycles. The summed E-state index contributed by atoms with van der Waals surface area (Å²) in [6, 6.07) is 32.9. The van der Waals surface area contributed by atoms with E-state index in [1.54, 1.807) is 24.3 Å². The minimum atomic E-state index is -5.11. The van der Waals surface area contributed by atoms with Crippen LogP contribution in [0.5, 0.6) is 0 Å². The van der Waals surface area contributed by atoms with Crippen molar-refractivity contribution in [3.05, 3.63) is 132 Å². The number of oxime groups is 1. The molecule has 2 atom stereocenters. The van der Waals surface area contributed by atoms with Crippen molar-refractivity contribution in [3.63, 3.8) is 0 Å². The predicted octanol–water partition coefficient (Wildman–Crippen LogP) is 5.96. The zero-order valence-electron chi connectivity index (χ0n) is 23.1. The topological polar surface area (TPSA) is 55.7 Å². The third-order valence-corrected chi connectivity index (χ3v) is 11.6. The van der Waals surface area contributed by atoms with E-state index in [1.165, 1.54) is 33.5 Å². The number of thioether (sulfide) groups is 1. The first-order valence-electron chi connectivity index (χ1n) is 13.4. The van der Waals surface area contributed by atoms with E-state index >= 15 is 0 Å². The van der Waals surface area contributed by atoms with Gasteiger partial charge in [0.2, 0.25) is 0 Å². The summed E-state index contributed by atoms with van der Waals surface area (Å²) < 4.78 is 56.0. The standard InChI is InChI=1S/C33H26F3INO3S3/c1-22(23-5-3-2-4-6-23)24-7-15-28(16-8-24)43-29-17-11-26(12-18-29)32(39)31(38-41-44(40)33(34,35)36)19-20-42-27-13-9-25(10-14-27)30-21-37-30/h2-18,30H,1,19-21H2/q-1/b38-31+. The van der Waals surface area contributed by atoms with Gasteiger partial charge in [0.1, 0.15) is 0 Å². The number of alkyl halides is 5. The summed E-state index contributed by atoms with van der Waals surface area (Å²) in [7, 11) is 0. The number of benzene rings is 4. The number of halogens is 4. The van der Waals surface area contributed by atoms with E-state index in [0.717, 1.165) is 35.3 Å². The van der Waals surface area contributed by atoms with Crippen LogP contribution >= 0.6 is 23.5 Å². The molecule has 11 heteroatoms. The number of carbonyl (C=O) groups excluding carboxylic acids is 1. The summed E-state index contributed by atoms with van der Waals surface area (Å²) >= 11 is -0.397. The first kappa shape index (κ1) is 32.5. The van der Waals surface area contributed by atoms with Crippen LogP contribution in [0.3, 0.4) is 0 Å². The monoisotopic (exact) mass is 764 g/mol. The smallest absolute Gasteiger partial charge is 0.205 e. The summed E-state index contributed by atoms with van der Waals surface area (Å²) in [6.07, 6.45) is 0.0333. The molecule has 0 aromatic heterocycles. The molecule has 0 saturated carbocycles. The molecule has 5 rings (SSSR count). The Morgan fingerprint density at radius 3 is 1.98 bits per heavy atom. The number of hydrogen-bond acceptors (Lipinski definition) is 6. The fraction of sp³-hybridized carbons (Fsp3) is 0.152. The van der Waals surface area contributed by atoms with Crippen LogP contribution in [-0.4, -0.2) is 31.4 Å². The third kappa shape index (κ3) is 9.09. The van der Waals surface area contributed by atoms with Gasteiger partial charge in [-0.05, 0) is 41.0 Å². The Balaban J connectivity index is 1.22. The van der Waals surface area contributed by atoms with Crippen LogP contribution < -0.4 is 21.2 Å². The molecule has 2 unspecified atom stereocenters. The van der Waals surface area contributed by atoms with Crippen LogP contribution in [0.2, 0.25) is 0 Å². The van der Waals surface area contributed by atoms with Crippen LogP contribution in [0.4, 0.5) is 13.2 Å². The second-order valence-corrected chi connectivity index (χ2v) is 16.2. The van der Waals surface area contributed by atoms with E-state index in [-0.39, 0.29) is 17.7 Å². The van der Waals surface area contributed by atoms with Gasteiger partial charge in [-0.15, -0.1) is 0 Å². The Morgan fingerprint density at radius 1 is 0.864 bits per heavy atom. The summed E-state index contributed by atoms with van der Waals surface area (Å²) in [6.45, 7) is 4.20. The molecular formula is C33H26F3INO3S3-. The number of ketones is 1. The van der Waals surface area contributed by atoms with Crippen molar-refractivity contribution in [2.75, 3.05) is 10.2 Å². The summed E-state index contributed by atoms with van der Waals surface area (Å²) in [5, 5.41) is 3.40. The third-order valence-electron chi connectivity index (χ3n) is 6.50. The van der Waals surface area contributed by atoms with Gasteiger partial charge in [0.25, 0.3) is 0 Å². The maximum atomic E-state index is 13.3. The SMILES string of the molecule is C=C(c1ccccc1)c1ccc(Sc2ccc(C(=O)/C(CCSc3ccc(C4C[I-]4)cc3)=N/OS(=O)C(F)(F)F)cc2)cc1. The van der Waals surface area contributed by atoms with Crippen LogP contribution in [0, 0.1) is 0 Å². The second-order valence-electron chi connectivity index (χ2n) is 9.56. The van der Waals surface area contributed by atoms with Gasteiger partial charge >= 0.3 is 148 Å². The normalized spacial score (nSPS) is 15.6. The second kappa shape index (κ2) is 14.9. The first-order chi connectivity index (χ1) is 21.2. The van der Waals surface area contributed by atoms with Crippen molar-refractivity contribution in [2.24, 2.45) is 5.16 Å². The molecule has 4 aromatic rings. The van der Waals surface area contributed by atoms with E-state index in [0.29, 0.717) is 27.0 Å². The average Bonchev–Trinajstić information content (AvgIpc) is 3.89. The van der Waals surface area contributed by atoms with E-state index in [1.807, 2.05) is 66.7 Å². The quantitative estimate of drug-likeness (QED) is 0.0420. The Morgan fingerprint density at radius 2 is 1.41 bits per heavy atom. The molecule has 0 N–H and O–H groups in total. The van der Waals surface area contributed by atoms with Gasteiger partial charge in [0, 0.05) is 9.79 Å². The molecule has 0 spiro atoms. The minimum absolute atomic E-state index is 0.0333. The van der Waals surface area contributed by atoms with Gasteiger partial charge < -0.3 is 0 Å². The van der Waals surface area contributed by atoms with Crippen molar-refractivity contribution in [1.29, 1.82) is 0 Å². The van der Waals surface area contributed by atoms with Gasteiger partial charge in [0.15, 0.2) is 0 Å². The maximum absolute atomic E-state index is 13.3. The minimum Gasteiger partial charge on any atom is -0.205 e. The summed E-state index contributed by atoms with van der Waals surface area (Å²) in [4.78, 5) is 16.1. The van der Waals surface area contributed by atoms with Gasteiger partial charge in [-0.3, -0.25) is 0 Å². The molecular weight excluding hydrogens is 738 g/mol. The Bertz CT molecular complexity index is 1660. The average molecular weight is 765 g/mol. The van der Waals surface area contributed by atoms with Crippen LogP contribution in [0.1, 0.15) is 37.4 Å². The fourth-order valence-corrected chi connectivity index (χ4v) is 7.69. The fourth-order valence-electron chi connectivity index (χ4n) is 4.09. The predicted molar refractivity (Wildman–Crippen MR) is 168 cm³/mol. The Labute approximate surface area is 275 Å². The van der Waals surface area contributed by atoms with E-state index < -0.39 is 22.4 Å². The van der Waals surface area contributed by atoms with Crippen molar-refractivity contribution in [1.82, 2.24) is 0 Å². The van der Waals surface area contributed by atoms with Gasteiger partial charge in [-0.1, -0.05) is 60.8 Å². The zero-order valence-corrected chi connectivity index (χ0v) is 27.7. The number of hydrogen-bond donors (Lipinski definition) is 0. The van der Waals surface area contributed by atoms with Crippen molar-refractivity contribution in [3.8, 4) is 0 Å². The zero-order chi connectivity index (χ0) is 31.1. The number of nitrogens with zero attached hydrogens (tertiary/aromatic N) is 1. The number of Topliss-reactive ketones (excluding diaryl/α,β-unsaturated/α-hetero) is 1. The molecule has 0 radical (unpaired) electrons. The summed E-state index contributed by atoms with van der Waals surface area (Å²) in [5.41, 5.74) is -0.768. The molecule has 4 nitrogen and oxygen atoms in total. The van der Waals surface area contributed by atoms with Gasteiger partial charge in [-0.25, -0.2) is 4.21 Å². The molecule has 1 heterocycles. The molecule has 0 bridgehead atoms. The Kier molecular flexibility index (Phi) is 11.0. The van der Waals surface area contributed by atoms with E-state index in [2.05, 4.69) is 28.2 Å². The van der Waals surface area contributed by atoms with Gasteiger partial charge in [-0.2, -0.15) is 13.2 Å². The van der Waals surface area contributed by atoms with Crippen molar-refractivity contribution >= 4 is 51.7 Å². The molecule has 44 heavy (non-hydrogen) atoms. The van der Waals surface area contributed by atoms with E-state index in [4.69, 9.17) is 0 Å². The van der Waals surface area contributed by atoms with E-state index in [9.17, 15) is 22.2 Å². The number of rotatable bonds is 13. The molecule has 1 fully saturated rings. The van der Waals surface area contributed by atoms with Crippen LogP contribution in [0.25, 0.3) is 5.57 Å². The summed E-state index contributed by atoms with van der Waals surface area (Å²) in [5.74, 6) is -0.207. The number of carbonyl (C=O) groups is 1. The molecule has 1 aliphatic rings. The molecule has 1 aliphatic heterocycles. The molecule has 0 amide bonds. The van der Waals surface area contributed by atoms with Gasteiger partial charge in [0.05, 0.1) is 0 Å². The van der Waals surface area contributed by atoms with Crippen LogP contribution in [-0.2, 0) is 15.4 Å². The first-order valence-corrected chi connectivity index (χ1v) is 19.0. The van der Waals surface area contributed by atoms with Crippen molar-refractivity contribution < 1.29 is 47.7 Å². The van der Waals surface area contributed by atoms with Crippen LogP contribution in [0.15, 0.2) is 130 Å². The Hall–Kier alpha value is -2.87. The molecule has 4 aromatic carbocycles. The molecule has 1 saturated heterocycles.